The minimum Gasteiger partial charge on any atom is -0.493 e. The smallest absolute Gasteiger partial charge is 0.243 e. The molecule has 0 unspecified atom stereocenters. The Morgan fingerprint density at radius 3 is 2.44 bits per heavy atom. The van der Waals surface area contributed by atoms with Crippen LogP contribution in [-0.2, 0) is 10.0 Å². The number of piperidine rings is 1. The SMILES string of the molecule is COc1cc2ccn(-c3ccnc(Nc4ccc(S(=O)(=O)N(CCN5CCCC5)C5CCNCC5)cc4)n3)c2cc1OC. The van der Waals surface area contributed by atoms with Gasteiger partial charge >= 0.3 is 0 Å². The monoisotopic (exact) mass is 605 g/mol. The molecule has 0 radical (unpaired) electrons. The summed E-state index contributed by atoms with van der Waals surface area (Å²) in [6, 6.07) is 14.6. The van der Waals surface area contributed by atoms with Gasteiger partial charge in [-0.1, -0.05) is 0 Å². The summed E-state index contributed by atoms with van der Waals surface area (Å²) in [5, 5.41) is 7.57. The first kappa shape index (κ1) is 29.4. The molecule has 2 aliphatic heterocycles. The van der Waals surface area contributed by atoms with Gasteiger partial charge in [-0.05, 0) is 94.3 Å². The minimum absolute atomic E-state index is 0.00798. The second kappa shape index (κ2) is 12.9. The van der Waals surface area contributed by atoms with E-state index >= 15 is 0 Å². The fourth-order valence-corrected chi connectivity index (χ4v) is 7.70. The van der Waals surface area contributed by atoms with E-state index in [1.165, 1.54) is 12.8 Å². The van der Waals surface area contributed by atoms with E-state index in [0.717, 1.165) is 56.5 Å². The second-order valence-electron chi connectivity index (χ2n) is 11.0. The van der Waals surface area contributed by atoms with Crippen LogP contribution >= 0.6 is 0 Å². The van der Waals surface area contributed by atoms with E-state index < -0.39 is 10.0 Å². The Morgan fingerprint density at radius 1 is 1.00 bits per heavy atom. The highest BCUT2D eigenvalue weighted by atomic mass is 32.2. The topological polar surface area (TPSA) is 114 Å². The predicted molar refractivity (Wildman–Crippen MR) is 167 cm³/mol. The molecule has 4 aromatic rings. The fourth-order valence-electron chi connectivity index (χ4n) is 6.02. The van der Waals surface area contributed by atoms with Crippen molar-refractivity contribution in [2.45, 2.75) is 36.6 Å². The van der Waals surface area contributed by atoms with Crippen LogP contribution in [0.15, 0.2) is 65.8 Å². The Bertz CT molecular complexity index is 1650. The minimum atomic E-state index is -3.65. The van der Waals surface area contributed by atoms with Gasteiger partial charge in [-0.25, -0.2) is 13.4 Å². The van der Waals surface area contributed by atoms with Crippen molar-refractivity contribution in [2.24, 2.45) is 0 Å². The number of hydrogen-bond acceptors (Lipinski definition) is 9. The summed E-state index contributed by atoms with van der Waals surface area (Å²) >= 11 is 0. The predicted octanol–water partition coefficient (Wildman–Crippen LogP) is 4.02. The lowest BCUT2D eigenvalue weighted by Crippen LogP contribution is -2.48. The van der Waals surface area contributed by atoms with Gasteiger partial charge in [0.25, 0.3) is 0 Å². The average Bonchev–Trinajstić information content (AvgIpc) is 3.71. The number of likely N-dealkylation sites (tertiary alicyclic amines) is 1. The van der Waals surface area contributed by atoms with E-state index in [0.29, 0.717) is 40.4 Å². The van der Waals surface area contributed by atoms with Crippen LogP contribution in [0.25, 0.3) is 16.7 Å². The number of aromatic nitrogens is 3. The maximum atomic E-state index is 13.9. The van der Waals surface area contributed by atoms with E-state index in [2.05, 4.69) is 20.5 Å². The number of ether oxygens (including phenoxy) is 2. The van der Waals surface area contributed by atoms with Crippen LogP contribution in [0.5, 0.6) is 11.5 Å². The molecule has 2 aromatic carbocycles. The highest BCUT2D eigenvalue weighted by Gasteiger charge is 2.32. The van der Waals surface area contributed by atoms with E-state index in [4.69, 9.17) is 14.5 Å². The molecule has 0 bridgehead atoms. The van der Waals surface area contributed by atoms with Gasteiger partial charge in [0.2, 0.25) is 16.0 Å². The number of fused-ring (bicyclic) bond motifs is 1. The second-order valence-corrected chi connectivity index (χ2v) is 12.9. The van der Waals surface area contributed by atoms with Crippen molar-refractivity contribution in [1.82, 2.24) is 29.1 Å². The summed E-state index contributed by atoms with van der Waals surface area (Å²) in [6.07, 6.45) is 7.65. The number of methoxy groups -OCH3 is 2. The largest absolute Gasteiger partial charge is 0.493 e. The highest BCUT2D eigenvalue weighted by molar-refractivity contribution is 7.89. The van der Waals surface area contributed by atoms with Crippen molar-refractivity contribution in [3.05, 3.63) is 60.9 Å². The third kappa shape index (κ3) is 6.32. The molecule has 2 N–H and O–H groups in total. The Hall–Kier alpha value is -3.71. The molecule has 0 saturated carbocycles. The van der Waals surface area contributed by atoms with Crippen LogP contribution in [-0.4, -0.2) is 91.7 Å². The summed E-state index contributed by atoms with van der Waals surface area (Å²) < 4.78 is 42.4. The number of nitrogens with one attached hydrogen (secondary N) is 2. The van der Waals surface area contributed by atoms with Crippen LogP contribution in [0.2, 0.25) is 0 Å². The lowest BCUT2D eigenvalue weighted by atomic mass is 10.1. The van der Waals surface area contributed by atoms with Crippen molar-refractivity contribution < 1.29 is 17.9 Å². The highest BCUT2D eigenvalue weighted by Crippen LogP contribution is 2.33. The van der Waals surface area contributed by atoms with Gasteiger partial charge in [-0.2, -0.15) is 9.29 Å². The molecular weight excluding hydrogens is 566 g/mol. The zero-order valence-corrected chi connectivity index (χ0v) is 25.5. The average molecular weight is 606 g/mol. The molecule has 0 amide bonds. The Labute approximate surface area is 252 Å². The molecule has 4 heterocycles. The van der Waals surface area contributed by atoms with Gasteiger partial charge in [0.1, 0.15) is 5.82 Å². The number of anilines is 2. The molecule has 2 saturated heterocycles. The fraction of sp³-hybridized carbons (Fsp3) is 0.419. The first-order valence-electron chi connectivity index (χ1n) is 14.8. The summed E-state index contributed by atoms with van der Waals surface area (Å²) in [5.41, 5.74) is 1.62. The van der Waals surface area contributed by atoms with Crippen LogP contribution in [0.4, 0.5) is 11.6 Å². The van der Waals surface area contributed by atoms with Crippen LogP contribution in [0, 0.1) is 0 Å². The van der Waals surface area contributed by atoms with Gasteiger partial charge in [-0.15, -0.1) is 0 Å². The molecule has 0 aliphatic carbocycles. The van der Waals surface area contributed by atoms with Gasteiger partial charge in [0, 0.05) is 48.7 Å². The van der Waals surface area contributed by atoms with Crippen LogP contribution in [0.3, 0.4) is 0 Å². The molecule has 2 fully saturated rings. The summed E-state index contributed by atoms with van der Waals surface area (Å²) in [4.78, 5) is 11.8. The molecule has 0 spiro atoms. The van der Waals surface area contributed by atoms with Crippen LogP contribution in [0.1, 0.15) is 25.7 Å². The van der Waals surface area contributed by atoms with Gasteiger partial charge in [0.05, 0.1) is 24.6 Å². The van der Waals surface area contributed by atoms with Crippen molar-refractivity contribution in [1.29, 1.82) is 0 Å². The van der Waals surface area contributed by atoms with Gasteiger partial charge in [0.15, 0.2) is 11.5 Å². The maximum Gasteiger partial charge on any atom is 0.243 e. The first-order chi connectivity index (χ1) is 21.0. The lowest BCUT2D eigenvalue weighted by molar-refractivity contribution is 0.228. The molecule has 2 aromatic heterocycles. The number of rotatable bonds is 11. The van der Waals surface area contributed by atoms with E-state index in [1.807, 2.05) is 35.0 Å². The van der Waals surface area contributed by atoms with Crippen molar-refractivity contribution in [3.8, 4) is 17.3 Å². The standard InChI is InChI=1S/C31H39N7O4S/c1-41-28-21-23-12-18-37(27(23)22-29(28)42-2)30-11-15-33-31(35-30)34-24-5-7-26(8-6-24)43(39,40)38(25-9-13-32-14-10-25)20-19-36-16-3-4-17-36/h5-8,11-12,15,18,21-22,25,32H,3-4,9-10,13-14,16-17,19-20H2,1-2H3,(H,33,34,35). The number of nitrogens with zero attached hydrogens (tertiary/aromatic N) is 5. The molecule has 43 heavy (non-hydrogen) atoms. The molecule has 2 aliphatic rings. The zero-order chi connectivity index (χ0) is 29.8. The van der Waals surface area contributed by atoms with E-state index in [-0.39, 0.29) is 6.04 Å². The molecule has 0 atom stereocenters. The molecule has 228 valence electrons. The lowest BCUT2D eigenvalue weighted by Gasteiger charge is -2.34. The number of hydrogen-bond donors (Lipinski definition) is 2. The van der Waals surface area contributed by atoms with E-state index in [9.17, 15) is 8.42 Å². The molecule has 6 rings (SSSR count). The summed E-state index contributed by atoms with van der Waals surface area (Å²) in [6.45, 7) is 5.06. The third-order valence-electron chi connectivity index (χ3n) is 8.35. The molecule has 12 heteroatoms. The normalized spacial score (nSPS) is 16.6. The zero-order valence-electron chi connectivity index (χ0n) is 24.7. The van der Waals surface area contributed by atoms with E-state index in [1.54, 1.807) is 49.0 Å². The Morgan fingerprint density at radius 2 is 1.72 bits per heavy atom. The Kier molecular flexibility index (Phi) is 8.80. The first-order valence-corrected chi connectivity index (χ1v) is 16.3. The van der Waals surface area contributed by atoms with Crippen LogP contribution < -0.4 is 20.1 Å². The van der Waals surface area contributed by atoms with Crippen molar-refractivity contribution >= 4 is 32.6 Å². The molecule has 11 nitrogen and oxygen atoms in total. The Balaban J connectivity index is 1.20. The quantitative estimate of drug-likeness (QED) is 0.262. The van der Waals surface area contributed by atoms with Crippen molar-refractivity contribution in [3.63, 3.8) is 0 Å². The maximum absolute atomic E-state index is 13.9. The summed E-state index contributed by atoms with van der Waals surface area (Å²) in [7, 11) is -0.426. The van der Waals surface area contributed by atoms with Gasteiger partial charge < -0.3 is 29.6 Å². The number of benzene rings is 2. The summed E-state index contributed by atoms with van der Waals surface area (Å²) in [5.74, 6) is 2.37. The third-order valence-corrected chi connectivity index (χ3v) is 10.3. The molecular formula is C31H39N7O4S. The van der Waals surface area contributed by atoms with Gasteiger partial charge in [-0.3, -0.25) is 0 Å². The van der Waals surface area contributed by atoms with Crippen molar-refractivity contribution in [2.75, 3.05) is 58.8 Å². The number of sulfonamides is 1.